The van der Waals surface area contributed by atoms with Gasteiger partial charge in [-0.05, 0) is 41.5 Å². The Kier molecular flexibility index (Phi) is 5.00. The highest BCUT2D eigenvalue weighted by molar-refractivity contribution is 6.03. The average molecular weight is 434 g/mol. The first kappa shape index (κ1) is 20.3. The molecular weight excluding hydrogens is 416 g/mol. The van der Waals surface area contributed by atoms with Crippen molar-refractivity contribution in [2.45, 2.75) is 12.3 Å². The molecule has 0 radical (unpaired) electrons. The van der Waals surface area contributed by atoms with Gasteiger partial charge in [0.25, 0.3) is 0 Å². The Morgan fingerprint density at radius 3 is 2.45 bits per heavy atom. The summed E-state index contributed by atoms with van der Waals surface area (Å²) in [5.74, 6) is -1.30. The molecule has 0 amide bonds. The average Bonchev–Trinajstić information content (AvgIpc) is 3.26. The van der Waals surface area contributed by atoms with E-state index in [1.165, 1.54) is 0 Å². The van der Waals surface area contributed by atoms with Crippen LogP contribution in [0, 0.1) is 11.3 Å². The lowest BCUT2D eigenvalue weighted by Gasteiger charge is -2.17. The Morgan fingerprint density at radius 2 is 1.70 bits per heavy atom. The summed E-state index contributed by atoms with van der Waals surface area (Å²) in [7, 11) is 0. The van der Waals surface area contributed by atoms with Gasteiger partial charge in [0.1, 0.15) is 16.9 Å². The van der Waals surface area contributed by atoms with Crippen molar-refractivity contribution >= 4 is 27.7 Å². The summed E-state index contributed by atoms with van der Waals surface area (Å²) in [5, 5.41) is 21.1. The van der Waals surface area contributed by atoms with E-state index in [1.807, 2.05) is 30.5 Å². The second kappa shape index (κ2) is 8.13. The van der Waals surface area contributed by atoms with E-state index in [0.717, 1.165) is 22.0 Å². The fraction of sp³-hybridized carbons (Fsp3) is 0.0741. The number of Topliss-reactive ketones (excluding diaryl/α,β-unsaturated/α-hetero) is 1. The molecular formula is C27H18N2O4. The fourth-order valence-electron chi connectivity index (χ4n) is 4.25. The lowest BCUT2D eigenvalue weighted by Crippen LogP contribution is -2.17. The van der Waals surface area contributed by atoms with Crippen molar-refractivity contribution in [2.24, 2.45) is 0 Å². The topological polar surface area (TPSA) is 107 Å². The molecule has 0 fully saturated rings. The van der Waals surface area contributed by atoms with Crippen molar-refractivity contribution in [2.75, 3.05) is 0 Å². The van der Waals surface area contributed by atoms with Crippen LogP contribution in [0.5, 0.6) is 5.75 Å². The van der Waals surface area contributed by atoms with Crippen LogP contribution in [0.1, 0.15) is 39.4 Å². The number of hydrogen-bond acceptors (Lipinski definition) is 5. The summed E-state index contributed by atoms with van der Waals surface area (Å²) in [6, 6.07) is 23.4. The number of nitrogens with zero attached hydrogens (tertiary/aromatic N) is 1. The molecule has 0 saturated carbocycles. The molecule has 6 nitrogen and oxygen atoms in total. The third-order valence-corrected chi connectivity index (χ3v) is 5.89. The third kappa shape index (κ3) is 3.56. The van der Waals surface area contributed by atoms with E-state index in [1.54, 1.807) is 48.5 Å². The second-order valence-electron chi connectivity index (χ2n) is 7.81. The smallest absolute Gasteiger partial charge is 0.351 e. The Bertz CT molecular complexity index is 1600. The number of ketones is 1. The van der Waals surface area contributed by atoms with Crippen LogP contribution < -0.4 is 5.63 Å². The van der Waals surface area contributed by atoms with Gasteiger partial charge in [-0.2, -0.15) is 5.26 Å². The number of hydrogen-bond donors (Lipinski definition) is 2. The van der Waals surface area contributed by atoms with Crippen LogP contribution in [0.4, 0.5) is 0 Å². The van der Waals surface area contributed by atoms with Crippen molar-refractivity contribution in [3.05, 3.63) is 112 Å². The highest BCUT2D eigenvalue weighted by Gasteiger charge is 2.27. The zero-order valence-electron chi connectivity index (χ0n) is 17.4. The van der Waals surface area contributed by atoms with Crippen LogP contribution >= 0.6 is 0 Å². The van der Waals surface area contributed by atoms with Crippen molar-refractivity contribution in [1.82, 2.24) is 4.98 Å². The van der Waals surface area contributed by atoms with Crippen molar-refractivity contribution in [3.63, 3.8) is 0 Å². The molecule has 160 valence electrons. The monoisotopic (exact) mass is 434 g/mol. The van der Waals surface area contributed by atoms with E-state index in [2.05, 4.69) is 11.1 Å². The maximum Gasteiger partial charge on any atom is 0.351 e. The molecule has 33 heavy (non-hydrogen) atoms. The summed E-state index contributed by atoms with van der Waals surface area (Å²) >= 11 is 0. The van der Waals surface area contributed by atoms with E-state index < -0.39 is 17.3 Å². The van der Waals surface area contributed by atoms with Gasteiger partial charge < -0.3 is 14.5 Å². The minimum absolute atomic E-state index is 0.0651. The predicted molar refractivity (Wildman–Crippen MR) is 124 cm³/mol. The Balaban J connectivity index is 1.62. The molecule has 2 aromatic heterocycles. The van der Waals surface area contributed by atoms with Gasteiger partial charge >= 0.3 is 5.63 Å². The van der Waals surface area contributed by atoms with Gasteiger partial charge in [-0.1, -0.05) is 42.5 Å². The van der Waals surface area contributed by atoms with Crippen LogP contribution in [0.2, 0.25) is 0 Å². The molecule has 2 heterocycles. The number of fused-ring (bicyclic) bond motifs is 2. The molecule has 0 saturated heterocycles. The van der Waals surface area contributed by atoms with Crippen molar-refractivity contribution in [1.29, 1.82) is 5.26 Å². The molecule has 2 N–H and O–H groups in total. The number of aromatic hydroxyl groups is 1. The van der Waals surface area contributed by atoms with E-state index in [0.29, 0.717) is 10.9 Å². The highest BCUT2D eigenvalue weighted by Crippen LogP contribution is 2.36. The lowest BCUT2D eigenvalue weighted by atomic mass is 9.85. The van der Waals surface area contributed by atoms with Crippen LogP contribution in [-0.2, 0) is 0 Å². The van der Waals surface area contributed by atoms with Crippen LogP contribution in [0.15, 0.2) is 88.2 Å². The molecule has 3 aromatic carbocycles. The molecule has 0 spiro atoms. The number of carbonyl (C=O) groups is 1. The number of rotatable bonds is 5. The van der Waals surface area contributed by atoms with Gasteiger partial charge in [-0.15, -0.1) is 0 Å². The molecule has 1 atom stereocenters. The van der Waals surface area contributed by atoms with Gasteiger partial charge in [0.15, 0.2) is 5.78 Å². The largest absolute Gasteiger partial charge is 0.506 e. The quantitative estimate of drug-likeness (QED) is 0.290. The van der Waals surface area contributed by atoms with Crippen molar-refractivity contribution < 1.29 is 14.3 Å². The maximum absolute atomic E-state index is 13.4. The van der Waals surface area contributed by atoms with Crippen LogP contribution in [-0.4, -0.2) is 15.9 Å². The number of carbonyl (C=O) groups excluding carboxylic acids is 1. The normalized spacial score (nSPS) is 12.0. The van der Waals surface area contributed by atoms with Gasteiger partial charge in [0, 0.05) is 29.4 Å². The zero-order valence-corrected chi connectivity index (χ0v) is 17.4. The number of benzene rings is 3. The zero-order chi connectivity index (χ0) is 22.9. The van der Waals surface area contributed by atoms with Gasteiger partial charge in [-0.3, -0.25) is 4.79 Å². The number of nitriles is 1. The summed E-state index contributed by atoms with van der Waals surface area (Å²) in [5.41, 5.74) is 2.13. The third-order valence-electron chi connectivity index (χ3n) is 5.89. The van der Waals surface area contributed by atoms with E-state index in [9.17, 15) is 14.7 Å². The Labute approximate surface area is 188 Å². The number of para-hydroxylation sites is 2. The molecule has 0 aliphatic rings. The van der Waals surface area contributed by atoms with E-state index >= 15 is 0 Å². The Morgan fingerprint density at radius 1 is 1.00 bits per heavy atom. The molecule has 1 unspecified atom stereocenters. The standard InChI is InChI=1S/C27H18N2O4/c28-14-16-9-11-17(12-10-16)20(21-15-29-22-7-3-1-5-18(21)22)13-23(30)25-26(31)19-6-2-4-8-24(19)33-27(25)32/h1-12,15,20,29,31H,13H2. The SMILES string of the molecule is N#Cc1ccc(C(CC(=O)c2c(O)c3ccccc3oc2=O)c2c[nH]c3ccccc23)cc1. The van der Waals surface area contributed by atoms with Gasteiger partial charge in [-0.25, -0.2) is 4.79 Å². The number of nitrogens with one attached hydrogen (secondary N) is 1. The predicted octanol–water partition coefficient (Wildman–Crippen LogP) is 5.26. The lowest BCUT2D eigenvalue weighted by molar-refractivity contribution is 0.0971. The fourth-order valence-corrected chi connectivity index (χ4v) is 4.25. The molecule has 0 aliphatic carbocycles. The molecule has 0 aliphatic heterocycles. The van der Waals surface area contributed by atoms with Gasteiger partial charge in [0.05, 0.1) is 17.0 Å². The molecule has 5 aromatic rings. The minimum Gasteiger partial charge on any atom is -0.506 e. The van der Waals surface area contributed by atoms with E-state index in [4.69, 9.17) is 9.68 Å². The van der Waals surface area contributed by atoms with Crippen LogP contribution in [0.3, 0.4) is 0 Å². The number of aromatic amines is 1. The summed E-state index contributed by atoms with van der Waals surface area (Å²) < 4.78 is 5.29. The first-order valence-electron chi connectivity index (χ1n) is 10.4. The Hall–Kier alpha value is -4.63. The minimum atomic E-state index is -0.867. The number of H-pyrrole nitrogens is 1. The molecule has 0 bridgehead atoms. The second-order valence-corrected chi connectivity index (χ2v) is 7.81. The summed E-state index contributed by atoms with van der Waals surface area (Å²) in [4.78, 5) is 29.2. The van der Waals surface area contributed by atoms with Crippen LogP contribution in [0.25, 0.3) is 21.9 Å². The van der Waals surface area contributed by atoms with E-state index in [-0.39, 0.29) is 23.3 Å². The number of aromatic nitrogens is 1. The molecule has 5 rings (SSSR count). The highest BCUT2D eigenvalue weighted by atomic mass is 16.4. The first-order valence-corrected chi connectivity index (χ1v) is 10.4. The maximum atomic E-state index is 13.4. The first-order chi connectivity index (χ1) is 16.1. The summed E-state index contributed by atoms with van der Waals surface area (Å²) in [6.45, 7) is 0. The van der Waals surface area contributed by atoms with Gasteiger partial charge in [0.2, 0.25) is 0 Å². The van der Waals surface area contributed by atoms with Crippen molar-refractivity contribution in [3.8, 4) is 11.8 Å². The molecule has 6 heteroatoms. The summed E-state index contributed by atoms with van der Waals surface area (Å²) in [6.07, 6.45) is 1.79.